The summed E-state index contributed by atoms with van der Waals surface area (Å²) in [5.74, 6) is 0.566. The molecule has 0 spiro atoms. The maximum absolute atomic E-state index is 12.3. The average Bonchev–Trinajstić information content (AvgIpc) is 2.48. The third-order valence-electron chi connectivity index (χ3n) is 3.75. The van der Waals surface area contributed by atoms with Gasteiger partial charge in [0.25, 0.3) is 0 Å². The van der Waals surface area contributed by atoms with E-state index in [2.05, 4.69) is 19.2 Å². The van der Waals surface area contributed by atoms with Gasteiger partial charge in [0, 0.05) is 26.6 Å². The van der Waals surface area contributed by atoms with E-state index in [0.717, 1.165) is 12.0 Å². The van der Waals surface area contributed by atoms with Crippen LogP contribution in [0, 0.1) is 11.8 Å². The smallest absolute Gasteiger partial charge is 0.220 e. The van der Waals surface area contributed by atoms with E-state index in [1.807, 2.05) is 37.3 Å². The third kappa shape index (κ3) is 6.16. The van der Waals surface area contributed by atoms with Crippen molar-refractivity contribution in [1.82, 2.24) is 5.32 Å². The van der Waals surface area contributed by atoms with E-state index >= 15 is 0 Å². The Morgan fingerprint density at radius 3 is 2.18 bits per heavy atom. The number of carbonyl (C=O) groups excluding carboxylic acids is 1. The zero-order valence-electron chi connectivity index (χ0n) is 14.3. The molecule has 2 atom stereocenters. The quantitative estimate of drug-likeness (QED) is 0.710. The molecule has 0 aliphatic heterocycles. The molecule has 1 aromatic rings. The first kappa shape index (κ1) is 18.7. The van der Waals surface area contributed by atoms with Gasteiger partial charge in [-0.25, -0.2) is 0 Å². The van der Waals surface area contributed by atoms with E-state index in [9.17, 15) is 4.79 Å². The summed E-state index contributed by atoms with van der Waals surface area (Å²) in [5, 5.41) is 3.05. The fraction of sp³-hybridized carbons (Fsp3) is 0.611. The van der Waals surface area contributed by atoms with Gasteiger partial charge in [-0.1, -0.05) is 44.2 Å². The number of hydrogen-bond donors (Lipinski definition) is 1. The number of methoxy groups -OCH3 is 2. The van der Waals surface area contributed by atoms with Crippen LogP contribution in [-0.2, 0) is 14.3 Å². The highest BCUT2D eigenvalue weighted by atomic mass is 16.7. The lowest BCUT2D eigenvalue weighted by Gasteiger charge is -2.26. The fourth-order valence-corrected chi connectivity index (χ4v) is 2.74. The van der Waals surface area contributed by atoms with Crippen molar-refractivity contribution in [3.63, 3.8) is 0 Å². The predicted molar refractivity (Wildman–Crippen MR) is 88.4 cm³/mol. The van der Waals surface area contributed by atoms with E-state index in [-0.39, 0.29) is 24.2 Å². The van der Waals surface area contributed by atoms with Crippen LogP contribution in [-0.4, -0.2) is 26.4 Å². The largest absolute Gasteiger partial charge is 0.356 e. The average molecular weight is 307 g/mol. The number of hydrogen-bond acceptors (Lipinski definition) is 3. The van der Waals surface area contributed by atoms with Crippen LogP contribution in [0.4, 0.5) is 0 Å². The molecule has 124 valence electrons. The summed E-state index contributed by atoms with van der Waals surface area (Å²) in [6.45, 7) is 6.27. The van der Waals surface area contributed by atoms with Crippen LogP contribution in [0.3, 0.4) is 0 Å². The summed E-state index contributed by atoms with van der Waals surface area (Å²) in [6.07, 6.45) is 0.946. The number of benzene rings is 1. The van der Waals surface area contributed by atoms with Crippen molar-refractivity contribution in [2.75, 3.05) is 14.2 Å². The van der Waals surface area contributed by atoms with Gasteiger partial charge in [-0.3, -0.25) is 4.79 Å². The van der Waals surface area contributed by atoms with Crippen LogP contribution in [0.15, 0.2) is 30.3 Å². The standard InChI is InChI=1S/C18H29NO3/c1-13(2)11-16(18(21-4)22-5)12-17(20)19-14(3)15-9-7-6-8-10-15/h6-10,13-14,16,18H,11-12H2,1-5H3,(H,19,20)/t14-,16?/m1/s1. The van der Waals surface area contributed by atoms with Crippen molar-refractivity contribution in [2.45, 2.75) is 45.9 Å². The highest BCUT2D eigenvalue weighted by Crippen LogP contribution is 2.22. The van der Waals surface area contributed by atoms with Crippen LogP contribution >= 0.6 is 0 Å². The monoisotopic (exact) mass is 307 g/mol. The molecule has 22 heavy (non-hydrogen) atoms. The number of amides is 1. The highest BCUT2D eigenvalue weighted by Gasteiger charge is 2.25. The first-order valence-corrected chi connectivity index (χ1v) is 7.87. The van der Waals surface area contributed by atoms with Gasteiger partial charge in [0.15, 0.2) is 6.29 Å². The lowest BCUT2D eigenvalue weighted by Crippen LogP contribution is -2.34. The second-order valence-corrected chi connectivity index (χ2v) is 6.13. The Kier molecular flexibility index (Phi) is 8.13. The zero-order valence-corrected chi connectivity index (χ0v) is 14.3. The van der Waals surface area contributed by atoms with Crippen molar-refractivity contribution in [3.8, 4) is 0 Å². The lowest BCUT2D eigenvalue weighted by molar-refractivity contribution is -0.149. The molecule has 1 rings (SSSR count). The molecule has 0 aromatic heterocycles. The maximum atomic E-state index is 12.3. The summed E-state index contributed by atoms with van der Waals surface area (Å²) in [4.78, 5) is 12.3. The molecule has 0 fully saturated rings. The van der Waals surface area contributed by atoms with Gasteiger partial charge in [-0.05, 0) is 24.8 Å². The Labute approximate surface area is 134 Å². The number of nitrogens with one attached hydrogen (secondary N) is 1. The molecule has 4 nitrogen and oxygen atoms in total. The normalized spacial score (nSPS) is 14.1. The Morgan fingerprint density at radius 2 is 1.68 bits per heavy atom. The van der Waals surface area contributed by atoms with Crippen LogP contribution in [0.25, 0.3) is 0 Å². The van der Waals surface area contributed by atoms with E-state index in [4.69, 9.17) is 9.47 Å². The van der Waals surface area contributed by atoms with Gasteiger partial charge in [-0.2, -0.15) is 0 Å². The van der Waals surface area contributed by atoms with E-state index in [0.29, 0.717) is 12.3 Å². The van der Waals surface area contributed by atoms with Crippen LogP contribution < -0.4 is 5.32 Å². The topological polar surface area (TPSA) is 47.6 Å². The molecule has 0 aliphatic rings. The van der Waals surface area contributed by atoms with E-state index in [1.165, 1.54) is 0 Å². The summed E-state index contributed by atoms with van der Waals surface area (Å²) in [5.41, 5.74) is 1.10. The van der Waals surface area contributed by atoms with Crippen LogP contribution in [0.2, 0.25) is 0 Å². The molecule has 0 saturated carbocycles. The van der Waals surface area contributed by atoms with Gasteiger partial charge in [0.05, 0.1) is 6.04 Å². The lowest BCUT2D eigenvalue weighted by atomic mass is 9.93. The van der Waals surface area contributed by atoms with Crippen molar-refractivity contribution in [3.05, 3.63) is 35.9 Å². The van der Waals surface area contributed by atoms with Crippen molar-refractivity contribution >= 4 is 5.91 Å². The Morgan fingerprint density at radius 1 is 1.09 bits per heavy atom. The van der Waals surface area contributed by atoms with Gasteiger partial charge >= 0.3 is 0 Å². The second-order valence-electron chi connectivity index (χ2n) is 6.13. The van der Waals surface area contributed by atoms with Crippen molar-refractivity contribution in [2.24, 2.45) is 11.8 Å². The molecule has 1 N–H and O–H groups in total. The number of ether oxygens (including phenoxy) is 2. The van der Waals surface area contributed by atoms with Crippen LogP contribution in [0.1, 0.15) is 45.2 Å². The zero-order chi connectivity index (χ0) is 16.5. The first-order chi connectivity index (χ1) is 10.5. The molecule has 0 aliphatic carbocycles. The summed E-state index contributed by atoms with van der Waals surface area (Å²) in [6, 6.07) is 9.96. The molecule has 0 bridgehead atoms. The minimum Gasteiger partial charge on any atom is -0.356 e. The molecule has 1 amide bonds. The minimum absolute atomic E-state index is 0.00283. The van der Waals surface area contributed by atoms with Gasteiger partial charge in [-0.15, -0.1) is 0 Å². The van der Waals surface area contributed by atoms with Crippen LogP contribution in [0.5, 0.6) is 0 Å². The molecule has 4 heteroatoms. The molecule has 0 heterocycles. The summed E-state index contributed by atoms with van der Waals surface area (Å²) >= 11 is 0. The minimum atomic E-state index is -0.347. The van der Waals surface area contributed by atoms with Crippen molar-refractivity contribution in [1.29, 1.82) is 0 Å². The Balaban J connectivity index is 2.62. The van der Waals surface area contributed by atoms with Gasteiger partial charge in [0.2, 0.25) is 5.91 Å². The molecular formula is C18H29NO3. The number of carbonyl (C=O) groups is 1. The summed E-state index contributed by atoms with van der Waals surface area (Å²) < 4.78 is 10.7. The number of rotatable bonds is 9. The summed E-state index contributed by atoms with van der Waals surface area (Å²) in [7, 11) is 3.23. The predicted octanol–water partition coefficient (Wildman–Crippen LogP) is 3.54. The Bertz CT molecular complexity index is 429. The molecule has 0 radical (unpaired) electrons. The first-order valence-electron chi connectivity index (χ1n) is 7.87. The molecular weight excluding hydrogens is 278 g/mol. The molecule has 0 saturated heterocycles. The highest BCUT2D eigenvalue weighted by molar-refractivity contribution is 5.76. The fourth-order valence-electron chi connectivity index (χ4n) is 2.74. The van der Waals surface area contributed by atoms with Gasteiger partial charge in [0.1, 0.15) is 0 Å². The molecule has 1 unspecified atom stereocenters. The second kappa shape index (κ2) is 9.59. The SMILES string of the molecule is COC(OC)C(CC(=O)N[C@H](C)c1ccccc1)CC(C)C. The van der Waals surface area contributed by atoms with E-state index < -0.39 is 0 Å². The van der Waals surface area contributed by atoms with Crippen molar-refractivity contribution < 1.29 is 14.3 Å². The maximum Gasteiger partial charge on any atom is 0.220 e. The molecule has 1 aromatic carbocycles. The Hall–Kier alpha value is -1.39. The van der Waals surface area contributed by atoms with Gasteiger partial charge < -0.3 is 14.8 Å². The third-order valence-corrected chi connectivity index (χ3v) is 3.75. The van der Waals surface area contributed by atoms with E-state index in [1.54, 1.807) is 14.2 Å².